The van der Waals surface area contributed by atoms with E-state index in [4.69, 9.17) is 0 Å². The van der Waals surface area contributed by atoms with E-state index >= 15 is 0 Å². The third-order valence-corrected chi connectivity index (χ3v) is 2.66. The number of carboxylic acids is 1. The van der Waals surface area contributed by atoms with E-state index in [0.29, 0.717) is 4.68 Å². The molecule has 6 nitrogen and oxygen atoms in total. The number of carbonyl (C=O) groups excluding carboxylic acids is 1. The minimum atomic E-state index is -4.75. The highest BCUT2D eigenvalue weighted by Gasteiger charge is 2.37. The molecule has 1 heterocycles. The Kier molecular flexibility index (Phi) is 3.89. The number of hydrogen-bond donors (Lipinski definition) is 1. The minimum Gasteiger partial charge on any atom is -0.545 e. The quantitative estimate of drug-likeness (QED) is 0.681. The zero-order valence-electron chi connectivity index (χ0n) is 10.1. The number of H-pyrrole nitrogens is 1. The summed E-state index contributed by atoms with van der Waals surface area (Å²) in [6, 6.07) is 5.57. The lowest BCUT2D eigenvalue weighted by Gasteiger charge is -2.06. The van der Waals surface area contributed by atoms with Crippen LogP contribution in [-0.2, 0) is 6.18 Å². The molecule has 2 rings (SSSR count). The third kappa shape index (κ3) is 3.16. The molecule has 0 radical (unpaired) electrons. The van der Waals surface area contributed by atoms with Gasteiger partial charge in [-0.05, 0) is 12.2 Å². The third-order valence-electron chi connectivity index (χ3n) is 2.40. The van der Waals surface area contributed by atoms with E-state index in [9.17, 15) is 23.1 Å². The van der Waals surface area contributed by atoms with E-state index in [1.165, 1.54) is 24.3 Å². The van der Waals surface area contributed by atoms with Gasteiger partial charge in [0, 0.05) is 11.1 Å². The Labute approximate surface area is 120 Å². The molecule has 0 aliphatic heterocycles. The molecule has 21 heavy (non-hydrogen) atoms. The molecule has 0 amide bonds. The van der Waals surface area contributed by atoms with E-state index < -0.39 is 18.0 Å². The number of aromatic nitrogens is 3. The Bertz CT molecular complexity index is 763. The molecule has 0 unspecified atom stereocenters. The summed E-state index contributed by atoms with van der Waals surface area (Å²) in [5, 5.41) is 19.4. The number of alkyl halides is 3. The largest absolute Gasteiger partial charge is 0.545 e. The highest BCUT2D eigenvalue weighted by atomic mass is 32.1. The van der Waals surface area contributed by atoms with Crippen LogP contribution in [0.2, 0.25) is 0 Å². The van der Waals surface area contributed by atoms with Crippen molar-refractivity contribution in [3.8, 4) is 0 Å². The van der Waals surface area contributed by atoms with Gasteiger partial charge < -0.3 is 9.90 Å². The van der Waals surface area contributed by atoms with Gasteiger partial charge in [0.15, 0.2) is 0 Å². The summed E-state index contributed by atoms with van der Waals surface area (Å²) < 4.78 is 38.0. The minimum absolute atomic E-state index is 0.0775. The van der Waals surface area contributed by atoms with Crippen molar-refractivity contribution in [3.63, 3.8) is 0 Å². The van der Waals surface area contributed by atoms with Crippen LogP contribution in [0.1, 0.15) is 21.7 Å². The highest BCUT2D eigenvalue weighted by Crippen LogP contribution is 2.27. The van der Waals surface area contributed by atoms with Crippen molar-refractivity contribution in [2.24, 2.45) is 5.10 Å². The van der Waals surface area contributed by atoms with Gasteiger partial charge >= 0.3 is 6.18 Å². The zero-order valence-corrected chi connectivity index (χ0v) is 10.9. The van der Waals surface area contributed by atoms with Crippen LogP contribution in [0.4, 0.5) is 13.2 Å². The second-order valence-electron chi connectivity index (χ2n) is 3.78. The van der Waals surface area contributed by atoms with Gasteiger partial charge in [0.2, 0.25) is 4.77 Å². The fourth-order valence-corrected chi connectivity index (χ4v) is 1.68. The van der Waals surface area contributed by atoms with Crippen molar-refractivity contribution in [1.29, 1.82) is 0 Å². The SMILES string of the molecule is O=C([O-])c1ccccc1/C=N\n1c(C(F)(F)F)n[nH]c1=S. The molecule has 0 aliphatic rings. The second kappa shape index (κ2) is 5.48. The smallest absolute Gasteiger partial charge is 0.453 e. The molecule has 10 heteroatoms. The number of hydrogen-bond acceptors (Lipinski definition) is 5. The summed E-state index contributed by atoms with van der Waals surface area (Å²) in [6.45, 7) is 0. The van der Waals surface area contributed by atoms with Crippen LogP contribution in [-0.4, -0.2) is 27.1 Å². The summed E-state index contributed by atoms with van der Waals surface area (Å²) in [6.07, 6.45) is -3.82. The summed E-state index contributed by atoms with van der Waals surface area (Å²) >= 11 is 4.64. The molecule has 1 N–H and O–H groups in total. The van der Waals surface area contributed by atoms with Gasteiger partial charge in [0.1, 0.15) is 0 Å². The van der Waals surface area contributed by atoms with E-state index in [0.717, 1.165) is 6.21 Å². The van der Waals surface area contributed by atoms with Crippen molar-refractivity contribution >= 4 is 24.4 Å². The van der Waals surface area contributed by atoms with E-state index in [-0.39, 0.29) is 15.9 Å². The fraction of sp³-hybridized carbons (Fsp3) is 0.0909. The molecule has 1 aromatic carbocycles. The molecule has 0 bridgehead atoms. The van der Waals surface area contributed by atoms with Crippen LogP contribution >= 0.6 is 12.2 Å². The summed E-state index contributed by atoms with van der Waals surface area (Å²) in [5.41, 5.74) is -0.126. The van der Waals surface area contributed by atoms with Gasteiger partial charge in [0.05, 0.1) is 12.2 Å². The Hall–Kier alpha value is -2.49. The van der Waals surface area contributed by atoms with Crippen molar-refractivity contribution in [2.75, 3.05) is 0 Å². The first kappa shape index (κ1) is 14.9. The van der Waals surface area contributed by atoms with Crippen LogP contribution in [0.3, 0.4) is 0 Å². The number of rotatable bonds is 3. The molecular formula is C11H6F3N4O2S-. The van der Waals surface area contributed by atoms with Gasteiger partial charge in [0.25, 0.3) is 5.82 Å². The van der Waals surface area contributed by atoms with Gasteiger partial charge in [-0.3, -0.25) is 0 Å². The topological polar surface area (TPSA) is 86.1 Å². The van der Waals surface area contributed by atoms with Crippen molar-refractivity contribution in [1.82, 2.24) is 14.9 Å². The van der Waals surface area contributed by atoms with Crippen molar-refractivity contribution < 1.29 is 23.1 Å². The van der Waals surface area contributed by atoms with E-state index in [1.54, 1.807) is 0 Å². The standard InChI is InChI=1S/C11H7F3N4O2S/c12-11(13,14)9-16-17-10(21)18(9)15-5-6-3-1-2-4-7(6)8(19)20/h1-5H,(H,17,21)(H,19,20)/p-1/b15-5-. The summed E-state index contributed by atoms with van der Waals surface area (Å²) in [5.74, 6) is -2.81. The van der Waals surface area contributed by atoms with E-state index in [1.807, 2.05) is 5.10 Å². The molecule has 0 fully saturated rings. The monoisotopic (exact) mass is 315 g/mol. The Morgan fingerprint density at radius 1 is 1.43 bits per heavy atom. The van der Waals surface area contributed by atoms with Crippen LogP contribution in [0.25, 0.3) is 0 Å². The number of nitrogens with one attached hydrogen (secondary N) is 1. The van der Waals surface area contributed by atoms with Crippen LogP contribution in [0.15, 0.2) is 29.4 Å². The first-order valence-corrected chi connectivity index (χ1v) is 5.81. The Morgan fingerprint density at radius 3 is 2.71 bits per heavy atom. The highest BCUT2D eigenvalue weighted by molar-refractivity contribution is 7.71. The maximum Gasteiger partial charge on any atom is 0.453 e. The van der Waals surface area contributed by atoms with E-state index in [2.05, 4.69) is 22.4 Å². The number of aromatic amines is 1. The number of halogens is 3. The maximum absolute atomic E-state index is 12.7. The number of carboxylic acid groups (broad SMARTS) is 1. The molecule has 0 saturated carbocycles. The number of aromatic carboxylic acids is 1. The van der Waals surface area contributed by atoms with Gasteiger partial charge in [-0.25, -0.2) is 5.10 Å². The van der Waals surface area contributed by atoms with Crippen LogP contribution < -0.4 is 5.11 Å². The van der Waals surface area contributed by atoms with Gasteiger partial charge in [-0.2, -0.15) is 22.9 Å². The predicted molar refractivity (Wildman–Crippen MR) is 66.2 cm³/mol. The average molecular weight is 315 g/mol. The molecule has 0 spiro atoms. The Balaban J connectivity index is 2.47. The first-order valence-electron chi connectivity index (χ1n) is 5.40. The molecule has 0 saturated heterocycles. The summed E-state index contributed by atoms with van der Waals surface area (Å²) in [4.78, 5) is 10.9. The number of benzene rings is 1. The van der Waals surface area contributed by atoms with Crippen LogP contribution in [0.5, 0.6) is 0 Å². The maximum atomic E-state index is 12.7. The first-order chi connectivity index (χ1) is 9.80. The number of carbonyl (C=O) groups is 1. The average Bonchev–Trinajstić information content (AvgIpc) is 2.77. The lowest BCUT2D eigenvalue weighted by molar-refractivity contribution is -0.255. The van der Waals surface area contributed by atoms with Crippen LogP contribution in [0, 0.1) is 4.77 Å². The normalized spacial score (nSPS) is 12.0. The molecular weight excluding hydrogens is 309 g/mol. The molecule has 0 atom stereocenters. The predicted octanol–water partition coefficient (Wildman–Crippen LogP) is 1.21. The zero-order chi connectivity index (χ0) is 15.6. The molecule has 1 aromatic heterocycles. The summed E-state index contributed by atoms with van der Waals surface area (Å²) in [7, 11) is 0. The Morgan fingerprint density at radius 2 is 2.10 bits per heavy atom. The molecule has 0 aliphatic carbocycles. The van der Waals surface area contributed by atoms with Crippen molar-refractivity contribution in [2.45, 2.75) is 6.18 Å². The molecule has 110 valence electrons. The van der Waals surface area contributed by atoms with Crippen molar-refractivity contribution in [3.05, 3.63) is 46.0 Å². The van der Waals surface area contributed by atoms with Gasteiger partial charge in [-0.1, -0.05) is 24.3 Å². The lowest BCUT2D eigenvalue weighted by atomic mass is 10.1. The lowest BCUT2D eigenvalue weighted by Crippen LogP contribution is -2.23. The number of nitrogens with zero attached hydrogens (tertiary/aromatic N) is 3. The second-order valence-corrected chi connectivity index (χ2v) is 4.17. The van der Waals surface area contributed by atoms with Gasteiger partial charge in [-0.15, -0.1) is 5.10 Å². The fourth-order valence-electron chi connectivity index (χ4n) is 1.50. The molecule has 2 aromatic rings.